The fourth-order valence-corrected chi connectivity index (χ4v) is 3.42. The summed E-state index contributed by atoms with van der Waals surface area (Å²) >= 11 is 1.34. The van der Waals surface area contributed by atoms with Crippen LogP contribution in [0.1, 0.15) is 46.2 Å². The predicted molar refractivity (Wildman–Crippen MR) is 82.7 cm³/mol. The first kappa shape index (κ1) is 14.8. The fraction of sp³-hybridized carbons (Fsp3) is 0.571. The Hall–Kier alpha value is -1.56. The summed E-state index contributed by atoms with van der Waals surface area (Å²) < 4.78 is 0. The van der Waals surface area contributed by atoms with Crippen molar-refractivity contribution in [1.82, 2.24) is 5.32 Å². The Morgan fingerprint density at radius 3 is 2.60 bits per heavy atom. The first-order valence-corrected chi connectivity index (χ1v) is 7.72. The van der Waals surface area contributed by atoms with Crippen LogP contribution in [0.2, 0.25) is 0 Å². The van der Waals surface area contributed by atoms with Crippen molar-refractivity contribution >= 4 is 33.7 Å². The molecule has 20 heavy (non-hydrogen) atoms. The summed E-state index contributed by atoms with van der Waals surface area (Å²) in [6.45, 7) is 2.89. The number of amides is 1. The Morgan fingerprint density at radius 1 is 1.45 bits per heavy atom. The zero-order valence-corrected chi connectivity index (χ0v) is 13.0. The van der Waals surface area contributed by atoms with Crippen LogP contribution in [0.4, 0.5) is 10.7 Å². The monoisotopic (exact) mass is 295 g/mol. The maximum atomic E-state index is 12.3. The molecule has 0 aliphatic heterocycles. The number of rotatable bonds is 6. The van der Waals surface area contributed by atoms with E-state index in [1.807, 2.05) is 11.9 Å². The van der Waals surface area contributed by atoms with E-state index >= 15 is 0 Å². The van der Waals surface area contributed by atoms with Gasteiger partial charge in [0, 0.05) is 26.6 Å². The van der Waals surface area contributed by atoms with Gasteiger partial charge in [0.15, 0.2) is 5.78 Å². The van der Waals surface area contributed by atoms with E-state index in [0.717, 1.165) is 30.8 Å². The number of thiophene rings is 1. The first-order valence-electron chi connectivity index (χ1n) is 6.90. The summed E-state index contributed by atoms with van der Waals surface area (Å²) in [6, 6.07) is 0. The van der Waals surface area contributed by atoms with Gasteiger partial charge in [-0.1, -0.05) is 6.92 Å². The zero-order chi connectivity index (χ0) is 14.9. The van der Waals surface area contributed by atoms with Crippen molar-refractivity contribution in [2.75, 3.05) is 31.3 Å². The highest BCUT2D eigenvalue weighted by atomic mass is 32.1. The number of carbonyl (C=O) groups excluding carboxylic acids is 2. The van der Waals surface area contributed by atoms with Crippen LogP contribution in [0.15, 0.2) is 0 Å². The molecule has 1 aromatic rings. The van der Waals surface area contributed by atoms with Crippen LogP contribution in [-0.2, 0) is 0 Å². The normalized spacial score (nSPS) is 14.2. The second-order valence-corrected chi connectivity index (χ2v) is 6.16. The SMILES string of the molecule is CCCN(C)c1sc(C(=O)C2CC2)c(N)c1C(=O)NC. The molecule has 1 heterocycles. The number of ketones is 1. The summed E-state index contributed by atoms with van der Waals surface area (Å²) in [5.41, 5.74) is 6.86. The lowest BCUT2D eigenvalue weighted by molar-refractivity contribution is 0.0964. The number of nitrogens with two attached hydrogens (primary N) is 1. The van der Waals surface area contributed by atoms with Gasteiger partial charge in [0.1, 0.15) is 5.00 Å². The molecule has 0 spiro atoms. The highest BCUT2D eigenvalue weighted by Gasteiger charge is 2.35. The van der Waals surface area contributed by atoms with E-state index in [9.17, 15) is 9.59 Å². The highest BCUT2D eigenvalue weighted by molar-refractivity contribution is 7.19. The third-order valence-electron chi connectivity index (χ3n) is 3.46. The van der Waals surface area contributed by atoms with Gasteiger partial charge in [0.25, 0.3) is 5.91 Å². The average molecular weight is 295 g/mol. The number of carbonyl (C=O) groups is 2. The average Bonchev–Trinajstić information content (AvgIpc) is 3.21. The summed E-state index contributed by atoms with van der Waals surface area (Å²) in [6.07, 6.45) is 2.84. The second-order valence-electron chi connectivity index (χ2n) is 5.16. The summed E-state index contributed by atoms with van der Waals surface area (Å²) in [5, 5.41) is 3.39. The van der Waals surface area contributed by atoms with Crippen LogP contribution in [0.3, 0.4) is 0 Å². The van der Waals surface area contributed by atoms with E-state index < -0.39 is 0 Å². The maximum absolute atomic E-state index is 12.3. The molecule has 1 aliphatic carbocycles. The van der Waals surface area contributed by atoms with E-state index in [1.54, 1.807) is 7.05 Å². The lowest BCUT2D eigenvalue weighted by atomic mass is 10.1. The molecule has 0 atom stereocenters. The van der Waals surface area contributed by atoms with Crippen molar-refractivity contribution in [1.29, 1.82) is 0 Å². The van der Waals surface area contributed by atoms with Gasteiger partial charge in [-0.15, -0.1) is 11.3 Å². The zero-order valence-electron chi connectivity index (χ0n) is 12.2. The van der Waals surface area contributed by atoms with Crippen molar-refractivity contribution in [2.24, 2.45) is 5.92 Å². The topological polar surface area (TPSA) is 75.4 Å². The Balaban J connectivity index is 2.45. The van der Waals surface area contributed by atoms with Crippen molar-refractivity contribution in [3.63, 3.8) is 0 Å². The van der Waals surface area contributed by atoms with Crippen LogP contribution < -0.4 is 16.0 Å². The number of nitrogen functional groups attached to an aromatic ring is 1. The summed E-state index contributed by atoms with van der Waals surface area (Å²) in [7, 11) is 3.50. The van der Waals surface area contributed by atoms with Crippen LogP contribution in [0.5, 0.6) is 0 Å². The molecule has 3 N–H and O–H groups in total. The van der Waals surface area contributed by atoms with E-state index in [0.29, 0.717) is 16.1 Å². The second kappa shape index (κ2) is 5.83. The molecule has 0 saturated heterocycles. The van der Waals surface area contributed by atoms with Gasteiger partial charge in [-0.05, 0) is 19.3 Å². The van der Waals surface area contributed by atoms with Gasteiger partial charge in [0.05, 0.1) is 16.1 Å². The van der Waals surface area contributed by atoms with Gasteiger partial charge in [-0.25, -0.2) is 0 Å². The molecule has 0 unspecified atom stereocenters. The lowest BCUT2D eigenvalue weighted by Gasteiger charge is -2.17. The summed E-state index contributed by atoms with van der Waals surface area (Å²) in [5.74, 6) is -0.0295. The molecule has 1 fully saturated rings. The smallest absolute Gasteiger partial charge is 0.256 e. The van der Waals surface area contributed by atoms with E-state index in [2.05, 4.69) is 12.2 Å². The number of hydrogen-bond acceptors (Lipinski definition) is 5. The largest absolute Gasteiger partial charge is 0.397 e. The maximum Gasteiger partial charge on any atom is 0.256 e. The molecule has 0 aromatic carbocycles. The molecule has 110 valence electrons. The van der Waals surface area contributed by atoms with Crippen molar-refractivity contribution in [3.05, 3.63) is 10.4 Å². The van der Waals surface area contributed by atoms with Gasteiger partial charge in [0.2, 0.25) is 0 Å². The van der Waals surface area contributed by atoms with Crippen molar-refractivity contribution in [3.8, 4) is 0 Å². The molecule has 1 amide bonds. The van der Waals surface area contributed by atoms with E-state index in [1.165, 1.54) is 11.3 Å². The lowest BCUT2D eigenvalue weighted by Crippen LogP contribution is -2.24. The minimum Gasteiger partial charge on any atom is -0.397 e. The number of anilines is 2. The Labute approximate surface area is 123 Å². The number of hydrogen-bond donors (Lipinski definition) is 2. The quantitative estimate of drug-likeness (QED) is 0.788. The van der Waals surface area contributed by atoms with Crippen molar-refractivity contribution < 1.29 is 9.59 Å². The highest BCUT2D eigenvalue weighted by Crippen LogP contribution is 2.42. The Kier molecular flexibility index (Phi) is 4.32. The molecule has 6 heteroatoms. The molecule has 0 bridgehead atoms. The van der Waals surface area contributed by atoms with Gasteiger partial charge in [-0.3, -0.25) is 9.59 Å². The van der Waals surface area contributed by atoms with E-state index in [4.69, 9.17) is 5.73 Å². The predicted octanol–water partition coefficient (Wildman–Crippen LogP) is 2.13. The molecule has 2 rings (SSSR count). The van der Waals surface area contributed by atoms with Gasteiger partial charge in [-0.2, -0.15) is 0 Å². The molecular formula is C14H21N3O2S. The first-order chi connectivity index (χ1) is 9.51. The molecule has 5 nitrogen and oxygen atoms in total. The Morgan fingerprint density at radius 2 is 2.10 bits per heavy atom. The van der Waals surface area contributed by atoms with Crippen LogP contribution in [-0.4, -0.2) is 32.3 Å². The molecule has 1 saturated carbocycles. The number of Topliss-reactive ketones (excluding diaryl/α,β-unsaturated/α-hetero) is 1. The van der Waals surface area contributed by atoms with Crippen molar-refractivity contribution in [2.45, 2.75) is 26.2 Å². The van der Waals surface area contributed by atoms with Crippen LogP contribution >= 0.6 is 11.3 Å². The van der Waals surface area contributed by atoms with Crippen LogP contribution in [0, 0.1) is 5.92 Å². The molecule has 1 aromatic heterocycles. The number of nitrogens with one attached hydrogen (secondary N) is 1. The fourth-order valence-electron chi connectivity index (χ4n) is 2.20. The minimum absolute atomic E-state index is 0.0915. The standard InChI is InChI=1S/C14H21N3O2S/c1-4-7-17(3)14-9(13(19)16-2)10(15)12(20-14)11(18)8-5-6-8/h8H,4-7,15H2,1-3H3,(H,16,19). The molecular weight excluding hydrogens is 274 g/mol. The Bertz CT molecular complexity index is 535. The summed E-state index contributed by atoms with van der Waals surface area (Å²) in [4.78, 5) is 26.9. The number of nitrogens with zero attached hydrogens (tertiary/aromatic N) is 1. The molecule has 0 radical (unpaired) electrons. The third-order valence-corrected chi connectivity index (χ3v) is 4.79. The van der Waals surface area contributed by atoms with Crippen LogP contribution in [0.25, 0.3) is 0 Å². The third kappa shape index (κ3) is 2.65. The van der Waals surface area contributed by atoms with E-state index in [-0.39, 0.29) is 17.6 Å². The minimum atomic E-state index is -0.230. The molecule has 1 aliphatic rings. The van der Waals surface area contributed by atoms with Gasteiger partial charge >= 0.3 is 0 Å². The van der Waals surface area contributed by atoms with Gasteiger partial charge < -0.3 is 16.0 Å².